The van der Waals surface area contributed by atoms with Crippen molar-refractivity contribution in [3.63, 3.8) is 0 Å². The van der Waals surface area contributed by atoms with Crippen LogP contribution in [0.25, 0.3) is 0 Å². The number of benzene rings is 4. The maximum atomic E-state index is 13.5. The van der Waals surface area contributed by atoms with Gasteiger partial charge in [0.1, 0.15) is 0 Å². The van der Waals surface area contributed by atoms with Gasteiger partial charge in [-0.2, -0.15) is 0 Å². The number of amides is 1. The molecule has 0 bridgehead atoms. The molecule has 5 rings (SSSR count). The molecule has 1 aliphatic heterocycles. The van der Waals surface area contributed by atoms with E-state index in [1.807, 2.05) is 12.1 Å². The summed E-state index contributed by atoms with van der Waals surface area (Å²) in [5, 5.41) is 0. The maximum Gasteiger partial charge on any atom is 0.223 e. The van der Waals surface area contributed by atoms with Gasteiger partial charge in [0.2, 0.25) is 5.91 Å². The number of piperazine rings is 1. The van der Waals surface area contributed by atoms with Gasteiger partial charge < -0.3 is 4.90 Å². The van der Waals surface area contributed by atoms with Crippen LogP contribution in [0.3, 0.4) is 0 Å². The average molecular weight is 497 g/mol. The monoisotopic (exact) mass is 496 g/mol. The summed E-state index contributed by atoms with van der Waals surface area (Å²) in [5.41, 5.74) is 4.98. The first-order chi connectivity index (χ1) is 17.3. The predicted octanol–water partition coefficient (Wildman–Crippen LogP) is 6.56. The summed E-state index contributed by atoms with van der Waals surface area (Å²) in [7, 11) is 0. The van der Waals surface area contributed by atoms with Crippen LogP contribution in [0.4, 0.5) is 0 Å². The van der Waals surface area contributed by atoms with Crippen molar-refractivity contribution < 1.29 is 4.79 Å². The Bertz CT molecular complexity index is 1120. The minimum absolute atomic E-state index is 0. The fourth-order valence-electron chi connectivity index (χ4n) is 5.22. The second kappa shape index (κ2) is 12.5. The van der Waals surface area contributed by atoms with E-state index in [2.05, 4.69) is 119 Å². The molecule has 36 heavy (non-hydrogen) atoms. The lowest BCUT2D eigenvalue weighted by atomic mass is 9.88. The summed E-state index contributed by atoms with van der Waals surface area (Å²) >= 11 is 0. The Kier molecular flexibility index (Phi) is 8.94. The minimum Gasteiger partial charge on any atom is -0.340 e. The van der Waals surface area contributed by atoms with Crippen LogP contribution in [0.1, 0.15) is 40.6 Å². The quantitative estimate of drug-likeness (QED) is 0.289. The van der Waals surface area contributed by atoms with E-state index in [0.717, 1.165) is 26.2 Å². The molecule has 0 aliphatic carbocycles. The van der Waals surface area contributed by atoms with Gasteiger partial charge in [0, 0.05) is 38.5 Å². The minimum atomic E-state index is 0. The number of carbonyl (C=O) groups is 1. The van der Waals surface area contributed by atoms with Gasteiger partial charge in [0.15, 0.2) is 0 Å². The fraction of sp³-hybridized carbons (Fsp3) is 0.219. The summed E-state index contributed by atoms with van der Waals surface area (Å²) in [6, 6.07) is 42.4. The van der Waals surface area contributed by atoms with Crippen LogP contribution in [-0.4, -0.2) is 41.9 Å². The molecule has 0 aromatic heterocycles. The summed E-state index contributed by atoms with van der Waals surface area (Å²) in [6.07, 6.45) is 0.495. The van der Waals surface area contributed by atoms with Crippen LogP contribution in [0.2, 0.25) is 0 Å². The van der Waals surface area contributed by atoms with Crippen molar-refractivity contribution in [2.45, 2.75) is 18.4 Å². The highest BCUT2D eigenvalue weighted by atomic mass is 35.5. The molecule has 1 heterocycles. The van der Waals surface area contributed by atoms with Crippen LogP contribution in [0.5, 0.6) is 0 Å². The first-order valence-electron chi connectivity index (χ1n) is 12.5. The molecule has 1 amide bonds. The molecule has 4 aromatic rings. The molecule has 0 radical (unpaired) electrons. The third kappa shape index (κ3) is 6.04. The average Bonchev–Trinajstić information content (AvgIpc) is 2.94. The zero-order valence-electron chi connectivity index (χ0n) is 20.4. The Morgan fingerprint density at radius 2 is 0.917 bits per heavy atom. The van der Waals surface area contributed by atoms with E-state index >= 15 is 0 Å². The van der Waals surface area contributed by atoms with Gasteiger partial charge in [-0.15, -0.1) is 12.4 Å². The first kappa shape index (κ1) is 25.7. The van der Waals surface area contributed by atoms with Crippen molar-refractivity contribution in [2.75, 3.05) is 26.2 Å². The van der Waals surface area contributed by atoms with E-state index in [1.54, 1.807) is 0 Å². The zero-order valence-corrected chi connectivity index (χ0v) is 21.3. The molecule has 3 nitrogen and oxygen atoms in total. The summed E-state index contributed by atoms with van der Waals surface area (Å²) < 4.78 is 0. The van der Waals surface area contributed by atoms with Crippen LogP contribution in [-0.2, 0) is 4.79 Å². The Balaban J connectivity index is 0.00000304. The normalized spacial score (nSPS) is 14.0. The molecule has 0 unspecified atom stereocenters. The standard InChI is InChI=1S/C32H32N2O.ClH/c35-31(25-30(26-13-5-1-6-14-26)27-15-7-2-8-16-27)33-21-23-34(24-22-33)32(28-17-9-3-10-18-28)29-19-11-4-12-20-29;/h1-20,30,32H,21-25H2;1H. The molecule has 0 N–H and O–H groups in total. The second-order valence-electron chi connectivity index (χ2n) is 9.22. The second-order valence-corrected chi connectivity index (χ2v) is 9.22. The van der Waals surface area contributed by atoms with Crippen molar-refractivity contribution >= 4 is 18.3 Å². The lowest BCUT2D eigenvalue weighted by Crippen LogP contribution is -2.50. The molecule has 4 aromatic carbocycles. The van der Waals surface area contributed by atoms with Crippen molar-refractivity contribution in [1.82, 2.24) is 9.80 Å². The van der Waals surface area contributed by atoms with E-state index in [0.29, 0.717) is 6.42 Å². The Morgan fingerprint density at radius 1 is 0.556 bits per heavy atom. The Labute approximate surface area is 220 Å². The largest absolute Gasteiger partial charge is 0.340 e. The van der Waals surface area contributed by atoms with Crippen molar-refractivity contribution in [2.24, 2.45) is 0 Å². The first-order valence-corrected chi connectivity index (χ1v) is 12.5. The van der Waals surface area contributed by atoms with Gasteiger partial charge in [-0.25, -0.2) is 0 Å². The van der Waals surface area contributed by atoms with Gasteiger partial charge >= 0.3 is 0 Å². The van der Waals surface area contributed by atoms with Crippen LogP contribution in [0, 0.1) is 0 Å². The summed E-state index contributed by atoms with van der Waals surface area (Å²) in [5.74, 6) is 0.308. The van der Waals surface area contributed by atoms with E-state index in [1.165, 1.54) is 22.3 Å². The SMILES string of the molecule is Cl.O=C(CC(c1ccccc1)c1ccccc1)N1CCN(C(c2ccccc2)c2ccccc2)CC1. The van der Waals surface area contributed by atoms with Gasteiger partial charge in [-0.05, 0) is 22.3 Å². The summed E-state index contributed by atoms with van der Waals surface area (Å²) in [4.78, 5) is 18.1. The van der Waals surface area contributed by atoms with E-state index in [4.69, 9.17) is 0 Å². The smallest absolute Gasteiger partial charge is 0.223 e. The topological polar surface area (TPSA) is 23.6 Å². The third-order valence-corrected chi connectivity index (χ3v) is 7.05. The molecular weight excluding hydrogens is 464 g/mol. The lowest BCUT2D eigenvalue weighted by Gasteiger charge is -2.40. The molecule has 1 fully saturated rings. The number of nitrogens with zero attached hydrogens (tertiary/aromatic N) is 2. The highest BCUT2D eigenvalue weighted by Crippen LogP contribution is 2.31. The molecule has 0 atom stereocenters. The molecule has 4 heteroatoms. The van der Waals surface area contributed by atoms with Crippen LogP contribution < -0.4 is 0 Å². The number of hydrogen-bond donors (Lipinski definition) is 0. The lowest BCUT2D eigenvalue weighted by molar-refractivity contribution is -0.133. The molecule has 1 saturated heterocycles. The highest BCUT2D eigenvalue weighted by Gasteiger charge is 2.29. The number of hydrogen-bond acceptors (Lipinski definition) is 2. The van der Waals surface area contributed by atoms with E-state index in [9.17, 15) is 4.79 Å². The third-order valence-electron chi connectivity index (χ3n) is 7.05. The van der Waals surface area contributed by atoms with Crippen molar-refractivity contribution in [3.05, 3.63) is 144 Å². The Morgan fingerprint density at radius 3 is 1.31 bits per heavy atom. The maximum absolute atomic E-state index is 13.5. The highest BCUT2D eigenvalue weighted by molar-refractivity contribution is 5.85. The van der Waals surface area contributed by atoms with Gasteiger partial charge in [-0.1, -0.05) is 121 Å². The van der Waals surface area contributed by atoms with Gasteiger partial charge in [0.05, 0.1) is 6.04 Å². The van der Waals surface area contributed by atoms with E-state index in [-0.39, 0.29) is 30.3 Å². The predicted molar refractivity (Wildman–Crippen MR) is 149 cm³/mol. The van der Waals surface area contributed by atoms with Gasteiger partial charge in [0.25, 0.3) is 0 Å². The van der Waals surface area contributed by atoms with E-state index < -0.39 is 0 Å². The number of rotatable bonds is 7. The number of carbonyl (C=O) groups excluding carboxylic acids is 1. The van der Waals surface area contributed by atoms with Crippen molar-refractivity contribution in [3.8, 4) is 0 Å². The number of halogens is 1. The zero-order chi connectivity index (χ0) is 23.9. The molecule has 0 saturated carbocycles. The molecule has 0 spiro atoms. The Hall–Kier alpha value is -3.40. The molecule has 184 valence electrons. The molecule has 1 aliphatic rings. The molecular formula is C32H33ClN2O. The fourth-order valence-corrected chi connectivity index (χ4v) is 5.22. The van der Waals surface area contributed by atoms with Crippen LogP contribution >= 0.6 is 12.4 Å². The van der Waals surface area contributed by atoms with Crippen LogP contribution in [0.15, 0.2) is 121 Å². The summed E-state index contributed by atoms with van der Waals surface area (Å²) in [6.45, 7) is 3.24. The van der Waals surface area contributed by atoms with Crippen molar-refractivity contribution in [1.29, 1.82) is 0 Å². The van der Waals surface area contributed by atoms with Gasteiger partial charge in [-0.3, -0.25) is 9.69 Å².